The highest BCUT2D eigenvalue weighted by molar-refractivity contribution is 8.14. The van der Waals surface area contributed by atoms with Gasteiger partial charge in [0.25, 0.3) is 0 Å². The van der Waals surface area contributed by atoms with E-state index < -0.39 is 11.8 Å². The van der Waals surface area contributed by atoms with E-state index in [-0.39, 0.29) is 0 Å². The molecule has 1 aliphatic rings. The number of hydrogen-bond donors (Lipinski definition) is 2. The summed E-state index contributed by atoms with van der Waals surface area (Å²) in [7, 11) is 1.90. The Morgan fingerprint density at radius 3 is 2.68 bits per heavy atom. The maximum atomic E-state index is 10.9. The number of hydrogen-bond acceptors (Lipinski definition) is 8. The lowest BCUT2D eigenvalue weighted by atomic mass is 9.95. The predicted octanol–water partition coefficient (Wildman–Crippen LogP) is 4.77. The van der Waals surface area contributed by atoms with Crippen molar-refractivity contribution in [1.82, 2.24) is 9.88 Å². The third kappa shape index (κ3) is 6.20. The van der Waals surface area contributed by atoms with Crippen LogP contribution in [0.1, 0.15) is 47.0 Å². The van der Waals surface area contributed by atoms with E-state index in [1.165, 1.54) is 5.56 Å². The summed E-state index contributed by atoms with van der Waals surface area (Å²) in [5.74, 6) is 0.856. The second-order valence-electron chi connectivity index (χ2n) is 8.93. The molecule has 2 aromatic carbocycles. The molecule has 0 radical (unpaired) electrons. The maximum absolute atomic E-state index is 10.9. The van der Waals surface area contributed by atoms with Gasteiger partial charge in [0.05, 0.1) is 17.8 Å². The van der Waals surface area contributed by atoms with Gasteiger partial charge in [0.15, 0.2) is 0 Å². The quantitative estimate of drug-likeness (QED) is 0.441. The van der Waals surface area contributed by atoms with Crippen molar-refractivity contribution in [3.8, 4) is 0 Å². The first kappa shape index (κ1) is 24.8. The van der Waals surface area contributed by atoms with Gasteiger partial charge < -0.3 is 10.8 Å². The van der Waals surface area contributed by atoms with Gasteiger partial charge in [0, 0.05) is 23.2 Å². The fourth-order valence-corrected chi connectivity index (χ4v) is 5.74. The normalized spacial score (nSPS) is 17.0. The number of aromatic nitrogens is 1. The molecule has 2 unspecified atom stereocenters. The largest absolute Gasteiger partial charge is 0.374 e. The molecule has 0 saturated carbocycles. The van der Waals surface area contributed by atoms with E-state index in [9.17, 15) is 5.11 Å². The Hall–Kier alpha value is -2.36. The van der Waals surface area contributed by atoms with Gasteiger partial charge in [-0.25, -0.2) is 4.98 Å². The Kier molecular flexibility index (Phi) is 7.95. The van der Waals surface area contributed by atoms with E-state index in [1.54, 1.807) is 23.1 Å². The second-order valence-corrected chi connectivity index (χ2v) is 11.0. The van der Waals surface area contributed by atoms with Gasteiger partial charge in [0.2, 0.25) is 0 Å². The van der Waals surface area contributed by atoms with Crippen molar-refractivity contribution in [2.75, 3.05) is 12.8 Å². The summed E-state index contributed by atoms with van der Waals surface area (Å²) in [6.07, 6.45) is 0.756. The van der Waals surface area contributed by atoms with Gasteiger partial charge in [0.1, 0.15) is 16.3 Å². The van der Waals surface area contributed by atoms with Gasteiger partial charge in [-0.3, -0.25) is 4.90 Å². The SMILES string of the molecule is Cc1csc(CN(C)C(O)c2cccc(C3=NN=C(C(C)(N)Cc4ccccc4)SCC3)c2)n1. The summed E-state index contributed by atoms with van der Waals surface area (Å²) >= 11 is 3.29. The first-order chi connectivity index (χ1) is 16.3. The average molecular weight is 494 g/mol. The van der Waals surface area contributed by atoms with Crippen LogP contribution in [0.4, 0.5) is 0 Å². The third-order valence-electron chi connectivity index (χ3n) is 5.73. The number of nitrogens with two attached hydrogens (primary N) is 1. The van der Waals surface area contributed by atoms with Crippen LogP contribution in [0.3, 0.4) is 0 Å². The molecule has 0 fully saturated rings. The Morgan fingerprint density at radius 2 is 1.94 bits per heavy atom. The molecule has 1 aromatic heterocycles. The molecular weight excluding hydrogens is 462 g/mol. The zero-order chi connectivity index (χ0) is 24.1. The zero-order valence-corrected chi connectivity index (χ0v) is 21.4. The molecule has 2 atom stereocenters. The van der Waals surface area contributed by atoms with Crippen molar-refractivity contribution in [3.63, 3.8) is 0 Å². The van der Waals surface area contributed by atoms with E-state index in [2.05, 4.69) is 27.3 Å². The monoisotopic (exact) mass is 493 g/mol. The van der Waals surface area contributed by atoms with Gasteiger partial charge in [-0.15, -0.1) is 28.2 Å². The predicted molar refractivity (Wildman–Crippen MR) is 144 cm³/mol. The summed E-state index contributed by atoms with van der Waals surface area (Å²) in [6.45, 7) is 4.59. The number of aliphatic hydroxyl groups is 1. The van der Waals surface area contributed by atoms with Crippen LogP contribution < -0.4 is 5.73 Å². The number of aliphatic hydroxyl groups excluding tert-OH is 1. The van der Waals surface area contributed by atoms with Crippen LogP contribution in [-0.4, -0.2) is 44.1 Å². The van der Waals surface area contributed by atoms with Crippen LogP contribution in [0.5, 0.6) is 0 Å². The van der Waals surface area contributed by atoms with E-state index in [4.69, 9.17) is 5.73 Å². The fourth-order valence-electron chi connectivity index (χ4n) is 3.91. The summed E-state index contributed by atoms with van der Waals surface area (Å²) < 4.78 is 0. The highest BCUT2D eigenvalue weighted by Gasteiger charge is 2.28. The van der Waals surface area contributed by atoms with Crippen molar-refractivity contribution in [1.29, 1.82) is 0 Å². The topological polar surface area (TPSA) is 87.1 Å². The van der Waals surface area contributed by atoms with E-state index in [0.29, 0.717) is 13.0 Å². The lowest BCUT2D eigenvalue weighted by molar-refractivity contribution is 0.0151. The Balaban J connectivity index is 1.50. The molecule has 0 saturated heterocycles. The smallest absolute Gasteiger partial charge is 0.133 e. The van der Waals surface area contributed by atoms with Crippen LogP contribution >= 0.6 is 23.1 Å². The van der Waals surface area contributed by atoms with Crippen molar-refractivity contribution in [2.24, 2.45) is 15.9 Å². The minimum absolute atomic E-state index is 0.583. The minimum atomic E-state index is -0.734. The first-order valence-corrected chi connectivity index (χ1v) is 13.2. The summed E-state index contributed by atoms with van der Waals surface area (Å²) in [5.41, 5.74) is 11.0. The highest BCUT2D eigenvalue weighted by Crippen LogP contribution is 2.26. The average Bonchev–Trinajstić information content (AvgIpc) is 3.07. The Morgan fingerprint density at radius 1 is 1.15 bits per heavy atom. The van der Waals surface area contributed by atoms with Gasteiger partial charge in [-0.1, -0.05) is 48.5 Å². The lowest BCUT2D eigenvalue weighted by Gasteiger charge is -2.25. The molecular formula is C26H31N5OS2. The first-order valence-electron chi connectivity index (χ1n) is 11.3. The minimum Gasteiger partial charge on any atom is -0.374 e. The Labute approximate surface area is 209 Å². The maximum Gasteiger partial charge on any atom is 0.133 e. The van der Waals surface area contributed by atoms with E-state index in [1.807, 2.05) is 73.6 Å². The standard InChI is InChI=1S/C26H31N5OS2/c1-18-17-34-23(28-18)16-31(3)24(32)21-11-7-10-20(14-21)22-12-13-33-25(30-29-22)26(2,27)15-19-8-5-4-6-9-19/h4-11,14,17,24,32H,12-13,15-16,27H2,1-3H3. The number of thiazole rings is 1. The van der Waals surface area contributed by atoms with Gasteiger partial charge in [-0.05, 0) is 50.1 Å². The molecule has 6 nitrogen and oxygen atoms in total. The number of thioether (sulfide) groups is 1. The van der Waals surface area contributed by atoms with Crippen molar-refractivity contribution in [3.05, 3.63) is 87.4 Å². The third-order valence-corrected chi connectivity index (χ3v) is 7.91. The number of nitrogens with zero attached hydrogens (tertiary/aromatic N) is 4. The molecule has 178 valence electrons. The molecule has 3 aromatic rings. The van der Waals surface area contributed by atoms with Crippen LogP contribution in [0, 0.1) is 6.92 Å². The summed E-state index contributed by atoms with van der Waals surface area (Å²) in [5, 5.41) is 24.0. The number of benzene rings is 2. The van der Waals surface area contributed by atoms with Crippen LogP contribution in [0.15, 0.2) is 70.2 Å². The van der Waals surface area contributed by atoms with Crippen molar-refractivity contribution >= 4 is 33.9 Å². The van der Waals surface area contributed by atoms with E-state index >= 15 is 0 Å². The Bertz CT molecular complexity index is 1170. The summed E-state index contributed by atoms with van der Waals surface area (Å²) in [6, 6.07) is 18.2. The number of rotatable bonds is 8. The molecule has 0 amide bonds. The molecule has 3 N–H and O–H groups in total. The van der Waals surface area contributed by atoms with Crippen LogP contribution in [-0.2, 0) is 13.0 Å². The van der Waals surface area contributed by atoms with Gasteiger partial charge >= 0.3 is 0 Å². The molecule has 0 spiro atoms. The highest BCUT2D eigenvalue weighted by atomic mass is 32.2. The second kappa shape index (κ2) is 10.9. The lowest BCUT2D eigenvalue weighted by Crippen LogP contribution is -2.45. The van der Waals surface area contributed by atoms with Crippen LogP contribution in [0.25, 0.3) is 0 Å². The molecule has 4 rings (SSSR count). The fraction of sp³-hybridized carbons (Fsp3) is 0.346. The van der Waals surface area contributed by atoms with Crippen molar-refractivity contribution < 1.29 is 5.11 Å². The van der Waals surface area contributed by atoms with Crippen LogP contribution in [0.2, 0.25) is 0 Å². The molecule has 0 bridgehead atoms. The zero-order valence-electron chi connectivity index (χ0n) is 19.8. The summed E-state index contributed by atoms with van der Waals surface area (Å²) in [4.78, 5) is 6.39. The molecule has 1 aliphatic heterocycles. The molecule has 0 aliphatic carbocycles. The van der Waals surface area contributed by atoms with Gasteiger partial charge in [-0.2, -0.15) is 5.10 Å². The number of aryl methyl sites for hydroxylation is 1. The van der Waals surface area contributed by atoms with E-state index in [0.717, 1.165) is 44.8 Å². The molecule has 8 heteroatoms. The molecule has 2 heterocycles. The van der Waals surface area contributed by atoms with Crippen molar-refractivity contribution in [2.45, 2.75) is 45.0 Å². The molecule has 34 heavy (non-hydrogen) atoms.